The number of benzene rings is 2. The third kappa shape index (κ3) is 3.74. The third-order valence-corrected chi connectivity index (χ3v) is 4.31. The number of pyridine rings is 1. The van der Waals surface area contributed by atoms with Gasteiger partial charge in [-0.15, -0.1) is 0 Å². The van der Waals surface area contributed by atoms with E-state index in [0.717, 1.165) is 47.5 Å². The van der Waals surface area contributed by atoms with Crippen LogP contribution in [0.1, 0.15) is 13.8 Å². The van der Waals surface area contributed by atoms with Crippen LogP contribution in [0.5, 0.6) is 5.75 Å². The molecule has 0 atom stereocenters. The Bertz CT molecular complexity index is 782. The SMILES string of the molecule is CCN(CC)CCOc1cc(-c2ccccc2)nc2ccccc12. The van der Waals surface area contributed by atoms with Crippen molar-refractivity contribution >= 4 is 10.9 Å². The van der Waals surface area contributed by atoms with Gasteiger partial charge >= 0.3 is 0 Å². The Balaban J connectivity index is 1.90. The van der Waals surface area contributed by atoms with Gasteiger partial charge in [0.1, 0.15) is 12.4 Å². The van der Waals surface area contributed by atoms with Crippen LogP contribution in [0.3, 0.4) is 0 Å². The van der Waals surface area contributed by atoms with Gasteiger partial charge in [0.15, 0.2) is 0 Å². The quantitative estimate of drug-likeness (QED) is 0.635. The topological polar surface area (TPSA) is 25.4 Å². The molecule has 0 unspecified atom stereocenters. The summed E-state index contributed by atoms with van der Waals surface area (Å²) >= 11 is 0. The van der Waals surface area contributed by atoms with Crippen LogP contribution in [-0.4, -0.2) is 36.1 Å². The monoisotopic (exact) mass is 320 g/mol. The van der Waals surface area contributed by atoms with E-state index in [9.17, 15) is 0 Å². The Morgan fingerprint density at radius 3 is 2.38 bits per heavy atom. The van der Waals surface area contributed by atoms with Crippen molar-refractivity contribution in [2.75, 3.05) is 26.2 Å². The molecule has 0 spiro atoms. The largest absolute Gasteiger partial charge is 0.491 e. The Hall–Kier alpha value is -2.39. The number of aromatic nitrogens is 1. The van der Waals surface area contributed by atoms with Gasteiger partial charge < -0.3 is 9.64 Å². The molecule has 3 aromatic rings. The minimum absolute atomic E-state index is 0.684. The van der Waals surface area contributed by atoms with Crippen molar-refractivity contribution in [1.82, 2.24) is 9.88 Å². The van der Waals surface area contributed by atoms with E-state index in [2.05, 4.69) is 43.0 Å². The fourth-order valence-corrected chi connectivity index (χ4v) is 2.84. The predicted molar refractivity (Wildman–Crippen MR) is 100 cm³/mol. The molecule has 2 aromatic carbocycles. The minimum Gasteiger partial charge on any atom is -0.491 e. The van der Waals surface area contributed by atoms with Gasteiger partial charge in [-0.2, -0.15) is 0 Å². The summed E-state index contributed by atoms with van der Waals surface area (Å²) in [6.07, 6.45) is 0. The number of rotatable bonds is 7. The summed E-state index contributed by atoms with van der Waals surface area (Å²) in [5, 5.41) is 1.07. The first-order chi connectivity index (χ1) is 11.8. The molecule has 1 heterocycles. The lowest BCUT2D eigenvalue weighted by atomic mass is 10.1. The summed E-state index contributed by atoms with van der Waals surface area (Å²) in [5.41, 5.74) is 3.03. The molecule has 3 heteroatoms. The second-order valence-corrected chi connectivity index (χ2v) is 5.76. The Kier molecular flexibility index (Phi) is 5.44. The number of hydrogen-bond acceptors (Lipinski definition) is 3. The number of ether oxygens (including phenoxy) is 1. The Labute approximate surface area is 143 Å². The highest BCUT2D eigenvalue weighted by Gasteiger charge is 2.09. The molecule has 1 aromatic heterocycles. The maximum Gasteiger partial charge on any atom is 0.130 e. The van der Waals surface area contributed by atoms with E-state index >= 15 is 0 Å². The van der Waals surface area contributed by atoms with Crippen LogP contribution in [0.15, 0.2) is 60.7 Å². The molecule has 0 aliphatic heterocycles. The second-order valence-electron chi connectivity index (χ2n) is 5.76. The molecule has 0 saturated carbocycles. The molecular formula is C21H24N2O. The first-order valence-electron chi connectivity index (χ1n) is 8.62. The van der Waals surface area contributed by atoms with Crippen LogP contribution in [0.2, 0.25) is 0 Å². The number of para-hydroxylation sites is 1. The first-order valence-corrected chi connectivity index (χ1v) is 8.62. The lowest BCUT2D eigenvalue weighted by Crippen LogP contribution is -2.27. The smallest absolute Gasteiger partial charge is 0.130 e. The van der Waals surface area contributed by atoms with Crippen molar-refractivity contribution in [2.24, 2.45) is 0 Å². The van der Waals surface area contributed by atoms with Gasteiger partial charge in [-0.25, -0.2) is 4.98 Å². The number of hydrogen-bond donors (Lipinski definition) is 0. The van der Waals surface area contributed by atoms with Crippen LogP contribution in [-0.2, 0) is 0 Å². The maximum absolute atomic E-state index is 6.13. The van der Waals surface area contributed by atoms with Gasteiger partial charge in [0.05, 0.1) is 11.2 Å². The predicted octanol–water partition coefficient (Wildman–Crippen LogP) is 4.62. The number of likely N-dealkylation sites (N-methyl/N-ethyl adjacent to an activating group) is 1. The molecule has 0 fully saturated rings. The van der Waals surface area contributed by atoms with E-state index in [-0.39, 0.29) is 0 Å². The summed E-state index contributed by atoms with van der Waals surface area (Å²) in [4.78, 5) is 7.15. The van der Waals surface area contributed by atoms with Crippen LogP contribution >= 0.6 is 0 Å². The molecule has 0 bridgehead atoms. The minimum atomic E-state index is 0.684. The van der Waals surface area contributed by atoms with E-state index in [1.54, 1.807) is 0 Å². The van der Waals surface area contributed by atoms with Crippen LogP contribution in [0.4, 0.5) is 0 Å². The van der Waals surface area contributed by atoms with Gasteiger partial charge in [0, 0.05) is 23.6 Å². The van der Waals surface area contributed by atoms with Crippen molar-refractivity contribution < 1.29 is 4.74 Å². The van der Waals surface area contributed by atoms with Gasteiger partial charge in [0.25, 0.3) is 0 Å². The second kappa shape index (κ2) is 7.93. The zero-order chi connectivity index (χ0) is 16.8. The van der Waals surface area contributed by atoms with Crippen molar-refractivity contribution in [3.8, 4) is 17.0 Å². The summed E-state index contributed by atoms with van der Waals surface area (Å²) in [6, 6.07) is 20.5. The van der Waals surface area contributed by atoms with E-state index in [4.69, 9.17) is 9.72 Å². The molecule has 0 amide bonds. The molecule has 3 rings (SSSR count). The lowest BCUT2D eigenvalue weighted by molar-refractivity contribution is 0.224. The van der Waals surface area contributed by atoms with Crippen molar-refractivity contribution in [2.45, 2.75) is 13.8 Å². The summed E-state index contributed by atoms with van der Waals surface area (Å²) in [5.74, 6) is 0.909. The van der Waals surface area contributed by atoms with E-state index in [0.29, 0.717) is 6.61 Å². The molecule has 0 saturated heterocycles. The molecule has 3 nitrogen and oxygen atoms in total. The molecule has 0 aliphatic rings. The summed E-state index contributed by atoms with van der Waals surface area (Å²) in [6.45, 7) is 8.07. The number of nitrogens with zero attached hydrogens (tertiary/aromatic N) is 2. The van der Waals surface area contributed by atoms with Crippen LogP contribution < -0.4 is 4.74 Å². The molecular weight excluding hydrogens is 296 g/mol. The molecule has 24 heavy (non-hydrogen) atoms. The van der Waals surface area contributed by atoms with Gasteiger partial charge in [-0.3, -0.25) is 0 Å². The molecule has 124 valence electrons. The zero-order valence-electron chi connectivity index (χ0n) is 14.4. The molecule has 0 N–H and O–H groups in total. The van der Waals surface area contributed by atoms with Crippen molar-refractivity contribution in [3.05, 3.63) is 60.7 Å². The highest BCUT2D eigenvalue weighted by atomic mass is 16.5. The summed E-state index contributed by atoms with van der Waals surface area (Å²) in [7, 11) is 0. The van der Waals surface area contributed by atoms with Gasteiger partial charge in [0.2, 0.25) is 0 Å². The Morgan fingerprint density at radius 2 is 1.62 bits per heavy atom. The lowest BCUT2D eigenvalue weighted by Gasteiger charge is -2.18. The van der Waals surface area contributed by atoms with Crippen molar-refractivity contribution in [3.63, 3.8) is 0 Å². The highest BCUT2D eigenvalue weighted by molar-refractivity contribution is 5.87. The normalized spacial score (nSPS) is 11.1. The van der Waals surface area contributed by atoms with Crippen molar-refractivity contribution in [1.29, 1.82) is 0 Å². The Morgan fingerprint density at radius 1 is 0.917 bits per heavy atom. The first kappa shape index (κ1) is 16.5. The fraction of sp³-hybridized carbons (Fsp3) is 0.286. The van der Waals surface area contributed by atoms with Gasteiger partial charge in [-0.1, -0.05) is 56.3 Å². The third-order valence-electron chi connectivity index (χ3n) is 4.31. The number of fused-ring (bicyclic) bond motifs is 1. The van der Waals surface area contributed by atoms with Crippen LogP contribution in [0.25, 0.3) is 22.2 Å². The van der Waals surface area contributed by atoms with E-state index in [1.807, 2.05) is 36.4 Å². The van der Waals surface area contributed by atoms with E-state index < -0.39 is 0 Å². The average molecular weight is 320 g/mol. The fourth-order valence-electron chi connectivity index (χ4n) is 2.84. The van der Waals surface area contributed by atoms with Crippen LogP contribution in [0, 0.1) is 0 Å². The highest BCUT2D eigenvalue weighted by Crippen LogP contribution is 2.29. The summed E-state index contributed by atoms with van der Waals surface area (Å²) < 4.78 is 6.13. The van der Waals surface area contributed by atoms with E-state index in [1.165, 1.54) is 0 Å². The molecule has 0 radical (unpaired) electrons. The standard InChI is InChI=1S/C21H24N2O/c1-3-23(4-2)14-15-24-21-16-20(17-10-6-5-7-11-17)22-19-13-9-8-12-18(19)21/h5-13,16H,3-4,14-15H2,1-2H3. The molecule has 0 aliphatic carbocycles. The van der Waals surface area contributed by atoms with Gasteiger partial charge in [-0.05, 0) is 25.2 Å². The maximum atomic E-state index is 6.13. The zero-order valence-corrected chi connectivity index (χ0v) is 14.4. The average Bonchev–Trinajstić information content (AvgIpc) is 2.65.